The van der Waals surface area contributed by atoms with Crippen LogP contribution in [0.2, 0.25) is 19.6 Å². The molecule has 0 fully saturated rings. The van der Waals surface area contributed by atoms with Gasteiger partial charge in [0.1, 0.15) is 0 Å². The van der Waals surface area contributed by atoms with E-state index in [9.17, 15) is 13.0 Å². The van der Waals surface area contributed by atoms with Crippen molar-refractivity contribution < 1.29 is 13.0 Å². The zero-order chi connectivity index (χ0) is 14.1. The first kappa shape index (κ1) is 15.4. The highest BCUT2D eigenvalue weighted by Gasteiger charge is 2.29. The normalized spacial score (nSPS) is 14.6. The average Bonchev–Trinajstić information content (AvgIpc) is 2.24. The molecule has 1 rings (SSSR count). The van der Waals surface area contributed by atoms with Crippen molar-refractivity contribution in [1.29, 1.82) is 0 Å². The van der Waals surface area contributed by atoms with Crippen molar-refractivity contribution in [3.63, 3.8) is 0 Å². The van der Waals surface area contributed by atoms with Crippen molar-refractivity contribution in [2.45, 2.75) is 50.3 Å². The van der Waals surface area contributed by atoms with Gasteiger partial charge in [0.15, 0.2) is 0 Å². The Kier molecular flexibility index (Phi) is 4.41. The van der Waals surface area contributed by atoms with Gasteiger partial charge in [-0.25, -0.2) is 0 Å². The van der Waals surface area contributed by atoms with E-state index in [1.165, 1.54) is 6.07 Å². The fraction of sp³-hybridized carbons (Fsp3) is 0.538. The summed E-state index contributed by atoms with van der Waals surface area (Å²) in [6, 6.07) is 5.22. The lowest BCUT2D eigenvalue weighted by Gasteiger charge is -2.27. The fourth-order valence-corrected chi connectivity index (χ4v) is 3.91. The van der Waals surface area contributed by atoms with Crippen LogP contribution >= 0.6 is 0 Å². The summed E-state index contributed by atoms with van der Waals surface area (Å²) >= 11 is 0. The van der Waals surface area contributed by atoms with Crippen LogP contribution in [0, 0.1) is 0 Å². The summed E-state index contributed by atoms with van der Waals surface area (Å²) < 4.78 is 32.2. The Balaban J connectivity index is 3.47. The molecule has 0 radical (unpaired) electrons. The Hall–Kier alpha value is -0.653. The molecule has 102 valence electrons. The van der Waals surface area contributed by atoms with E-state index in [0.29, 0.717) is 0 Å². The molecule has 0 bridgehead atoms. The van der Waals surface area contributed by atoms with Gasteiger partial charge in [0.05, 0.1) is 13.0 Å². The third-order valence-electron chi connectivity index (χ3n) is 3.53. The molecule has 0 spiro atoms. The summed E-state index contributed by atoms with van der Waals surface area (Å²) in [5.41, 5.74) is 2.04. The summed E-state index contributed by atoms with van der Waals surface area (Å²) in [6.07, 6.45) is 0.858. The second-order valence-corrected chi connectivity index (χ2v) is 12.8. The van der Waals surface area contributed by atoms with Crippen molar-refractivity contribution in [3.8, 4) is 0 Å². The molecule has 1 N–H and O–H groups in total. The van der Waals surface area contributed by atoms with Crippen molar-refractivity contribution in [1.82, 2.24) is 0 Å². The summed E-state index contributed by atoms with van der Waals surface area (Å²) in [5, 5.41) is 0. The number of aryl methyl sites for hydroxylation is 1. The predicted molar refractivity (Wildman–Crippen MR) is 77.4 cm³/mol. The van der Waals surface area contributed by atoms with E-state index in [4.69, 9.17) is 0 Å². The van der Waals surface area contributed by atoms with E-state index in [2.05, 4.69) is 26.6 Å². The molecule has 1 atom stereocenters. The lowest BCUT2D eigenvalue weighted by molar-refractivity contribution is 0.482. The molecule has 1 aromatic rings. The predicted octanol–water partition coefficient (Wildman–Crippen LogP) is 3.48. The SMILES string of the molecule is CCc1ccc(S(=O)(=O)O)c(C(C)[Si](C)(C)C)c1. The molecule has 0 aliphatic heterocycles. The summed E-state index contributed by atoms with van der Waals surface area (Å²) in [5.74, 6) is 0. The Bertz CT molecular complexity index is 530. The van der Waals surface area contributed by atoms with Gasteiger partial charge >= 0.3 is 0 Å². The maximum atomic E-state index is 11.5. The molecule has 3 nitrogen and oxygen atoms in total. The van der Waals surface area contributed by atoms with Gasteiger partial charge in [0, 0.05) is 0 Å². The Morgan fingerprint density at radius 1 is 1.28 bits per heavy atom. The second kappa shape index (κ2) is 5.15. The smallest absolute Gasteiger partial charge is 0.282 e. The molecular weight excluding hydrogens is 264 g/mol. The molecule has 0 saturated carbocycles. The van der Waals surface area contributed by atoms with Crippen LogP contribution in [0.5, 0.6) is 0 Å². The maximum Gasteiger partial charge on any atom is 0.294 e. The van der Waals surface area contributed by atoms with Crippen LogP contribution in [0.25, 0.3) is 0 Å². The van der Waals surface area contributed by atoms with Crippen LogP contribution in [-0.2, 0) is 16.5 Å². The molecule has 1 unspecified atom stereocenters. The van der Waals surface area contributed by atoms with E-state index in [-0.39, 0.29) is 10.4 Å². The van der Waals surface area contributed by atoms with E-state index in [1.54, 1.807) is 6.07 Å². The quantitative estimate of drug-likeness (QED) is 0.681. The maximum absolute atomic E-state index is 11.5. The summed E-state index contributed by atoms with van der Waals surface area (Å²) in [7, 11) is -5.66. The topological polar surface area (TPSA) is 54.4 Å². The van der Waals surface area contributed by atoms with Crippen molar-refractivity contribution in [2.24, 2.45) is 0 Å². The van der Waals surface area contributed by atoms with Crippen LogP contribution in [0.4, 0.5) is 0 Å². The van der Waals surface area contributed by atoms with Gasteiger partial charge in [-0.15, -0.1) is 0 Å². The zero-order valence-corrected chi connectivity index (χ0v) is 13.5. The second-order valence-electron chi connectivity index (χ2n) is 5.79. The third-order valence-corrected chi connectivity index (χ3v) is 7.36. The Morgan fingerprint density at radius 2 is 1.83 bits per heavy atom. The van der Waals surface area contributed by atoms with Crippen LogP contribution in [0.1, 0.15) is 30.5 Å². The highest BCUT2D eigenvalue weighted by atomic mass is 32.2. The molecule has 0 aliphatic carbocycles. The number of hydrogen-bond acceptors (Lipinski definition) is 2. The van der Waals surface area contributed by atoms with Gasteiger partial charge in [-0.3, -0.25) is 4.55 Å². The largest absolute Gasteiger partial charge is 0.294 e. The minimum Gasteiger partial charge on any atom is -0.282 e. The number of rotatable bonds is 4. The first-order valence-corrected chi connectivity index (χ1v) is 11.2. The van der Waals surface area contributed by atoms with Crippen LogP contribution in [-0.4, -0.2) is 21.0 Å². The van der Waals surface area contributed by atoms with Gasteiger partial charge < -0.3 is 0 Å². The lowest BCUT2D eigenvalue weighted by Crippen LogP contribution is -2.30. The first-order valence-electron chi connectivity index (χ1n) is 6.17. The Morgan fingerprint density at radius 3 is 2.22 bits per heavy atom. The van der Waals surface area contributed by atoms with Crippen LogP contribution in [0.15, 0.2) is 23.1 Å². The molecule has 0 heterocycles. The molecule has 0 aliphatic rings. The Labute approximate surface area is 111 Å². The van der Waals surface area contributed by atoms with Crippen LogP contribution in [0.3, 0.4) is 0 Å². The molecule has 18 heavy (non-hydrogen) atoms. The molecule has 0 saturated heterocycles. The van der Waals surface area contributed by atoms with Gasteiger partial charge in [-0.1, -0.05) is 45.6 Å². The van der Waals surface area contributed by atoms with Gasteiger partial charge in [0.2, 0.25) is 0 Å². The molecule has 0 aromatic heterocycles. The van der Waals surface area contributed by atoms with E-state index in [0.717, 1.165) is 17.5 Å². The minimum absolute atomic E-state index is 0.0645. The number of hydrogen-bond donors (Lipinski definition) is 1. The molecule has 1 aromatic carbocycles. The highest BCUT2D eigenvalue weighted by Crippen LogP contribution is 2.32. The lowest BCUT2D eigenvalue weighted by atomic mass is 10.1. The molecule has 0 amide bonds. The van der Waals surface area contributed by atoms with E-state index >= 15 is 0 Å². The van der Waals surface area contributed by atoms with E-state index < -0.39 is 18.2 Å². The molecule has 5 heteroatoms. The summed E-state index contributed by atoms with van der Waals surface area (Å²) in [6.45, 7) is 10.7. The third kappa shape index (κ3) is 3.43. The zero-order valence-electron chi connectivity index (χ0n) is 11.7. The van der Waals surface area contributed by atoms with Crippen molar-refractivity contribution >= 4 is 18.2 Å². The monoisotopic (exact) mass is 286 g/mol. The average molecular weight is 286 g/mol. The minimum atomic E-state index is -4.14. The van der Waals surface area contributed by atoms with Gasteiger partial charge in [0.25, 0.3) is 10.1 Å². The van der Waals surface area contributed by atoms with Crippen LogP contribution < -0.4 is 0 Å². The van der Waals surface area contributed by atoms with Crippen molar-refractivity contribution in [3.05, 3.63) is 29.3 Å². The van der Waals surface area contributed by atoms with E-state index in [1.807, 2.05) is 13.0 Å². The molecular formula is C13H22O3SSi. The van der Waals surface area contributed by atoms with Gasteiger partial charge in [-0.2, -0.15) is 8.42 Å². The van der Waals surface area contributed by atoms with Crippen molar-refractivity contribution in [2.75, 3.05) is 0 Å². The highest BCUT2D eigenvalue weighted by molar-refractivity contribution is 7.85. The summed E-state index contributed by atoms with van der Waals surface area (Å²) in [4.78, 5) is 0.0645. The fourth-order valence-electron chi connectivity index (χ4n) is 1.86. The number of benzene rings is 1. The first-order chi connectivity index (χ1) is 8.07. The standard InChI is InChI=1S/C13H22O3SSi/c1-6-11-7-8-13(17(14,15)16)12(9-11)10(2)18(3,4)5/h7-10H,6H2,1-5H3,(H,14,15,16). The van der Waals surface area contributed by atoms with Gasteiger partial charge in [-0.05, 0) is 29.2 Å².